The lowest BCUT2D eigenvalue weighted by Crippen LogP contribution is -2.26. The molecule has 0 aromatic heterocycles. The van der Waals surface area contributed by atoms with Crippen molar-refractivity contribution < 1.29 is 5.11 Å². The van der Waals surface area contributed by atoms with E-state index in [-0.39, 0.29) is 6.61 Å². The predicted octanol–water partition coefficient (Wildman–Crippen LogP) is 1.15. The predicted molar refractivity (Wildman–Crippen MR) is 64.5 cm³/mol. The van der Waals surface area contributed by atoms with Crippen LogP contribution in [0.2, 0.25) is 0 Å². The quantitative estimate of drug-likeness (QED) is 0.450. The summed E-state index contributed by atoms with van der Waals surface area (Å²) in [5, 5.41) is 8.69. The number of unbranched alkanes of at least 4 members (excludes halogenated alkanes) is 1. The number of hydrogen-bond donors (Lipinski definition) is 2. The Morgan fingerprint density at radius 2 is 1.93 bits per heavy atom. The summed E-state index contributed by atoms with van der Waals surface area (Å²) in [5.74, 6) is 0. The Hall–Kier alpha value is -0.190. The first-order valence-electron chi connectivity index (χ1n) is 5.32. The van der Waals surface area contributed by atoms with Gasteiger partial charge in [0.1, 0.15) is 0 Å². The highest BCUT2D eigenvalue weighted by Crippen LogP contribution is 1.99. The Bertz CT molecular complexity index is 153. The van der Waals surface area contributed by atoms with Gasteiger partial charge in [-0.3, -0.25) is 0 Å². The molecule has 0 unspecified atom stereocenters. The molecule has 0 heterocycles. The van der Waals surface area contributed by atoms with Gasteiger partial charge in [-0.1, -0.05) is 19.1 Å². The molecule has 3 N–H and O–H groups in total. The van der Waals surface area contributed by atoms with E-state index in [0.29, 0.717) is 4.99 Å². The number of aliphatic hydroxyl groups excluding tert-OH is 1. The van der Waals surface area contributed by atoms with E-state index in [4.69, 9.17) is 23.1 Å². The highest BCUT2D eigenvalue weighted by Gasteiger charge is 2.01. The molecule has 0 aliphatic heterocycles. The van der Waals surface area contributed by atoms with Crippen LogP contribution < -0.4 is 5.73 Å². The largest absolute Gasteiger partial charge is 0.396 e. The van der Waals surface area contributed by atoms with Gasteiger partial charge >= 0.3 is 0 Å². The van der Waals surface area contributed by atoms with E-state index in [1.807, 2.05) is 0 Å². The third-order valence-corrected chi connectivity index (χ3v) is 2.43. The molecule has 0 rings (SSSR count). The van der Waals surface area contributed by atoms with Crippen molar-refractivity contribution in [3.8, 4) is 0 Å². The van der Waals surface area contributed by atoms with Crippen LogP contribution in [0.25, 0.3) is 0 Å². The smallest absolute Gasteiger partial charge is 0.0727 e. The van der Waals surface area contributed by atoms with Crippen molar-refractivity contribution in [2.45, 2.75) is 32.6 Å². The maximum atomic E-state index is 8.69. The van der Waals surface area contributed by atoms with Crippen LogP contribution in [0.1, 0.15) is 32.6 Å². The van der Waals surface area contributed by atoms with Crippen molar-refractivity contribution in [2.75, 3.05) is 26.2 Å². The van der Waals surface area contributed by atoms with Crippen LogP contribution in [0, 0.1) is 0 Å². The third kappa shape index (κ3) is 8.41. The molecule has 0 saturated carbocycles. The molecular formula is C10H22N2OS. The molecule has 0 fully saturated rings. The number of rotatable bonds is 9. The van der Waals surface area contributed by atoms with Crippen molar-refractivity contribution >= 4 is 17.2 Å². The zero-order valence-corrected chi connectivity index (χ0v) is 9.85. The first kappa shape index (κ1) is 13.8. The molecule has 0 radical (unpaired) electrons. The molecule has 0 aromatic rings. The van der Waals surface area contributed by atoms with Crippen molar-refractivity contribution in [3.63, 3.8) is 0 Å². The minimum Gasteiger partial charge on any atom is -0.396 e. The number of nitrogens with two attached hydrogens (primary N) is 1. The van der Waals surface area contributed by atoms with E-state index in [0.717, 1.165) is 45.3 Å². The SMILES string of the molecule is CCN(CCCO)CCCCC(N)=S. The van der Waals surface area contributed by atoms with E-state index in [2.05, 4.69) is 11.8 Å². The third-order valence-electron chi connectivity index (χ3n) is 2.23. The van der Waals surface area contributed by atoms with Gasteiger partial charge in [-0.05, 0) is 38.8 Å². The lowest BCUT2D eigenvalue weighted by Gasteiger charge is -2.19. The molecule has 0 aliphatic carbocycles. The second-order valence-corrected chi connectivity index (χ2v) is 3.96. The monoisotopic (exact) mass is 218 g/mol. The van der Waals surface area contributed by atoms with Crippen LogP contribution in [0.15, 0.2) is 0 Å². The van der Waals surface area contributed by atoms with Gasteiger partial charge in [-0.15, -0.1) is 0 Å². The molecule has 0 aromatic carbocycles. The van der Waals surface area contributed by atoms with Crippen LogP contribution in [-0.2, 0) is 0 Å². The molecule has 0 atom stereocenters. The summed E-state index contributed by atoms with van der Waals surface area (Å²) in [5.41, 5.74) is 5.41. The van der Waals surface area contributed by atoms with Crippen molar-refractivity contribution in [3.05, 3.63) is 0 Å². The first-order chi connectivity index (χ1) is 6.70. The molecule has 0 saturated heterocycles. The number of nitrogens with zero attached hydrogens (tertiary/aromatic N) is 1. The molecule has 0 aliphatic rings. The highest BCUT2D eigenvalue weighted by atomic mass is 32.1. The second kappa shape index (κ2) is 9.37. The lowest BCUT2D eigenvalue weighted by molar-refractivity contribution is 0.228. The van der Waals surface area contributed by atoms with Gasteiger partial charge in [0.15, 0.2) is 0 Å². The molecule has 14 heavy (non-hydrogen) atoms. The summed E-state index contributed by atoms with van der Waals surface area (Å²) in [7, 11) is 0. The van der Waals surface area contributed by atoms with Crippen LogP contribution in [-0.4, -0.2) is 41.2 Å². The van der Waals surface area contributed by atoms with Gasteiger partial charge in [-0.2, -0.15) is 0 Å². The molecule has 4 heteroatoms. The van der Waals surface area contributed by atoms with Gasteiger partial charge in [0, 0.05) is 13.2 Å². The first-order valence-corrected chi connectivity index (χ1v) is 5.73. The van der Waals surface area contributed by atoms with E-state index >= 15 is 0 Å². The molecule has 0 amide bonds. The van der Waals surface area contributed by atoms with E-state index in [9.17, 15) is 0 Å². The van der Waals surface area contributed by atoms with Crippen molar-refractivity contribution in [1.82, 2.24) is 4.90 Å². The van der Waals surface area contributed by atoms with Gasteiger partial charge in [0.05, 0.1) is 4.99 Å². The van der Waals surface area contributed by atoms with E-state index < -0.39 is 0 Å². The summed E-state index contributed by atoms with van der Waals surface area (Å²) < 4.78 is 0. The molecule has 0 bridgehead atoms. The molecule has 0 spiro atoms. The van der Waals surface area contributed by atoms with Crippen LogP contribution in [0.4, 0.5) is 0 Å². The maximum Gasteiger partial charge on any atom is 0.0727 e. The van der Waals surface area contributed by atoms with Crippen LogP contribution in [0.3, 0.4) is 0 Å². The van der Waals surface area contributed by atoms with E-state index in [1.165, 1.54) is 0 Å². The second-order valence-electron chi connectivity index (χ2n) is 3.43. The summed E-state index contributed by atoms with van der Waals surface area (Å²) >= 11 is 4.80. The van der Waals surface area contributed by atoms with Crippen molar-refractivity contribution in [1.29, 1.82) is 0 Å². The van der Waals surface area contributed by atoms with Gasteiger partial charge < -0.3 is 15.7 Å². The molecule has 84 valence electrons. The lowest BCUT2D eigenvalue weighted by atomic mass is 10.2. The summed E-state index contributed by atoms with van der Waals surface area (Å²) in [6.07, 6.45) is 3.93. The summed E-state index contributed by atoms with van der Waals surface area (Å²) in [6, 6.07) is 0. The fourth-order valence-electron chi connectivity index (χ4n) is 1.36. The summed E-state index contributed by atoms with van der Waals surface area (Å²) in [4.78, 5) is 2.96. The number of aliphatic hydroxyl groups is 1. The van der Waals surface area contributed by atoms with Gasteiger partial charge in [-0.25, -0.2) is 0 Å². The normalized spacial score (nSPS) is 10.8. The average Bonchev–Trinajstić information content (AvgIpc) is 2.16. The van der Waals surface area contributed by atoms with E-state index in [1.54, 1.807) is 0 Å². The zero-order chi connectivity index (χ0) is 10.8. The zero-order valence-electron chi connectivity index (χ0n) is 9.04. The van der Waals surface area contributed by atoms with Gasteiger partial charge in [0.2, 0.25) is 0 Å². The maximum absolute atomic E-state index is 8.69. The molecule has 3 nitrogen and oxygen atoms in total. The highest BCUT2D eigenvalue weighted by molar-refractivity contribution is 7.80. The topological polar surface area (TPSA) is 49.5 Å². The van der Waals surface area contributed by atoms with Crippen LogP contribution >= 0.6 is 12.2 Å². The Morgan fingerprint density at radius 1 is 1.29 bits per heavy atom. The van der Waals surface area contributed by atoms with Gasteiger partial charge in [0.25, 0.3) is 0 Å². The minimum absolute atomic E-state index is 0.281. The van der Waals surface area contributed by atoms with Crippen LogP contribution in [0.5, 0.6) is 0 Å². The standard InChI is InChI=1S/C10H22N2OS/c1-2-12(8-5-9-13)7-4-3-6-10(11)14/h13H,2-9H2,1H3,(H2,11,14). The van der Waals surface area contributed by atoms with Crippen molar-refractivity contribution in [2.24, 2.45) is 5.73 Å². The molecular weight excluding hydrogens is 196 g/mol. The Kier molecular flexibility index (Phi) is 9.24. The minimum atomic E-state index is 0.281. The fraction of sp³-hybridized carbons (Fsp3) is 0.900. The summed E-state index contributed by atoms with van der Waals surface area (Å²) in [6.45, 7) is 5.54. The number of hydrogen-bond acceptors (Lipinski definition) is 3. The fourth-order valence-corrected chi connectivity index (χ4v) is 1.50. The average molecular weight is 218 g/mol. The Morgan fingerprint density at radius 3 is 2.43 bits per heavy atom. The Balaban J connectivity index is 3.37. The number of thiocarbonyl (C=S) groups is 1. The Labute approximate surface area is 92.3 Å².